The number of amides is 1. The number of anilines is 2. The molecule has 204 valence electrons. The monoisotopic (exact) mass is 542 g/mol. The molecular weight excluding hydrogens is 514 g/mol. The minimum Gasteiger partial charge on any atom is -0.484 e. The number of carbonyl (C=O) groups excluding carboxylic acids is 1. The minimum atomic E-state index is -0.820. The van der Waals surface area contributed by atoms with E-state index in [0.29, 0.717) is 17.9 Å². The zero-order chi connectivity index (χ0) is 27.5. The highest BCUT2D eigenvalue weighted by Gasteiger charge is 2.22. The molecule has 2 aromatic heterocycles. The summed E-state index contributed by atoms with van der Waals surface area (Å²) in [6.07, 6.45) is 2.23. The van der Waals surface area contributed by atoms with Crippen molar-refractivity contribution in [3.63, 3.8) is 0 Å². The van der Waals surface area contributed by atoms with E-state index in [1.807, 2.05) is 36.4 Å². The normalized spacial score (nSPS) is 14.1. The summed E-state index contributed by atoms with van der Waals surface area (Å²) in [5.41, 5.74) is 3.99. The van der Waals surface area contributed by atoms with Crippen LogP contribution >= 0.6 is 0 Å². The number of halogens is 2. The zero-order valence-corrected chi connectivity index (χ0v) is 21.7. The molecule has 1 fully saturated rings. The highest BCUT2D eigenvalue weighted by Crippen LogP contribution is 2.31. The number of nitrogens with zero attached hydrogens (tertiary/aromatic N) is 4. The summed E-state index contributed by atoms with van der Waals surface area (Å²) in [5.74, 6) is -0.401. The van der Waals surface area contributed by atoms with Crippen molar-refractivity contribution in [3.05, 3.63) is 90.3 Å². The van der Waals surface area contributed by atoms with Gasteiger partial charge in [0, 0.05) is 49.3 Å². The van der Waals surface area contributed by atoms with Crippen LogP contribution < -0.4 is 15.0 Å². The summed E-state index contributed by atoms with van der Waals surface area (Å²) in [4.78, 5) is 29.6. The molecule has 5 aromatic rings. The molecule has 10 heteroatoms. The largest absolute Gasteiger partial charge is 0.484 e. The first-order chi connectivity index (χ1) is 19.5. The second-order valence-electron chi connectivity index (χ2n) is 9.78. The van der Waals surface area contributed by atoms with Crippen LogP contribution in [0.25, 0.3) is 21.9 Å². The van der Waals surface area contributed by atoms with Crippen molar-refractivity contribution in [2.75, 3.05) is 49.5 Å². The van der Waals surface area contributed by atoms with Crippen LogP contribution in [0.4, 0.5) is 20.3 Å². The van der Waals surface area contributed by atoms with E-state index >= 15 is 0 Å². The number of hydrogen-bond acceptors (Lipinski definition) is 6. The third-order valence-electron chi connectivity index (χ3n) is 7.13. The summed E-state index contributed by atoms with van der Waals surface area (Å²) in [5, 5.41) is 3.79. The highest BCUT2D eigenvalue weighted by molar-refractivity contribution is 6.09. The lowest BCUT2D eigenvalue weighted by Gasteiger charge is -2.35. The van der Waals surface area contributed by atoms with Gasteiger partial charge in [0.25, 0.3) is 5.91 Å². The smallest absolute Gasteiger partial charge is 0.262 e. The van der Waals surface area contributed by atoms with Gasteiger partial charge in [-0.2, -0.15) is 0 Å². The minimum absolute atomic E-state index is 0.0883. The van der Waals surface area contributed by atoms with Gasteiger partial charge in [-0.15, -0.1) is 0 Å². The maximum atomic E-state index is 13.5. The topological polar surface area (TPSA) is 86.4 Å². The molecule has 1 aliphatic rings. The molecule has 0 radical (unpaired) electrons. The third-order valence-corrected chi connectivity index (χ3v) is 7.13. The summed E-state index contributed by atoms with van der Waals surface area (Å²) < 4.78 is 32.3. The van der Waals surface area contributed by atoms with Crippen molar-refractivity contribution in [2.24, 2.45) is 0 Å². The Morgan fingerprint density at radius 1 is 0.950 bits per heavy atom. The molecule has 0 bridgehead atoms. The highest BCUT2D eigenvalue weighted by atomic mass is 19.2. The molecular formula is C30H28F2N6O2. The summed E-state index contributed by atoms with van der Waals surface area (Å²) >= 11 is 0. The Morgan fingerprint density at radius 3 is 2.58 bits per heavy atom. The molecule has 40 heavy (non-hydrogen) atoms. The van der Waals surface area contributed by atoms with E-state index in [4.69, 9.17) is 4.74 Å². The number of ether oxygens (including phenoxy) is 1. The van der Waals surface area contributed by atoms with Gasteiger partial charge in [-0.05, 0) is 54.4 Å². The molecule has 3 aromatic carbocycles. The first-order valence-corrected chi connectivity index (χ1v) is 13.2. The molecule has 6 rings (SSSR count). The van der Waals surface area contributed by atoms with E-state index in [2.05, 4.69) is 30.1 Å². The number of aromatic nitrogens is 3. The third kappa shape index (κ3) is 5.57. The maximum Gasteiger partial charge on any atom is 0.262 e. The van der Waals surface area contributed by atoms with Crippen molar-refractivity contribution in [2.45, 2.75) is 6.42 Å². The SMILES string of the molecule is O=C(COc1ccccc1)Nc1ccc2[nH]c3c(N4CCN(CCc5ccc(F)c(F)c5)CC4)ncnc3c2c1. The summed E-state index contributed by atoms with van der Waals surface area (Å²) in [6.45, 7) is 3.90. The predicted octanol–water partition coefficient (Wildman–Crippen LogP) is 4.77. The fourth-order valence-electron chi connectivity index (χ4n) is 5.03. The van der Waals surface area contributed by atoms with Gasteiger partial charge in [0.05, 0.1) is 0 Å². The number of para-hydroxylation sites is 1. The van der Waals surface area contributed by atoms with E-state index in [9.17, 15) is 13.6 Å². The maximum absolute atomic E-state index is 13.5. The van der Waals surface area contributed by atoms with Crippen molar-refractivity contribution >= 4 is 39.3 Å². The van der Waals surface area contributed by atoms with E-state index < -0.39 is 11.6 Å². The number of rotatable bonds is 8. The Hall–Kier alpha value is -4.57. The molecule has 0 atom stereocenters. The van der Waals surface area contributed by atoms with Gasteiger partial charge in [-0.25, -0.2) is 18.7 Å². The average molecular weight is 543 g/mol. The fraction of sp³-hybridized carbons (Fsp3) is 0.233. The van der Waals surface area contributed by atoms with Crippen LogP contribution in [-0.4, -0.2) is 65.1 Å². The van der Waals surface area contributed by atoms with Crippen LogP contribution in [0.1, 0.15) is 5.56 Å². The van der Waals surface area contributed by atoms with Crippen LogP contribution in [0.5, 0.6) is 5.75 Å². The van der Waals surface area contributed by atoms with Crippen molar-refractivity contribution < 1.29 is 18.3 Å². The van der Waals surface area contributed by atoms with Gasteiger partial charge >= 0.3 is 0 Å². The molecule has 8 nitrogen and oxygen atoms in total. The number of hydrogen-bond donors (Lipinski definition) is 2. The number of fused-ring (bicyclic) bond motifs is 3. The summed E-state index contributed by atoms with van der Waals surface area (Å²) in [6, 6.07) is 19.0. The number of piperazine rings is 1. The standard InChI is InChI=1S/C30H28F2N6O2/c31-24-8-6-20(16-25(24)32)10-11-37-12-14-38(15-13-37)30-29-28(33-19-34-30)23-17-21(7-9-26(23)36-29)35-27(39)18-40-22-4-2-1-3-5-22/h1-9,16-17,19,36H,10-15,18H2,(H,35,39). The van der Waals surface area contributed by atoms with E-state index in [-0.39, 0.29) is 12.5 Å². The lowest BCUT2D eigenvalue weighted by molar-refractivity contribution is -0.118. The molecule has 0 aliphatic carbocycles. The molecule has 1 saturated heterocycles. The van der Waals surface area contributed by atoms with Gasteiger partial charge < -0.3 is 19.9 Å². The van der Waals surface area contributed by atoms with Crippen LogP contribution in [0.15, 0.2) is 73.1 Å². The number of benzene rings is 3. The molecule has 3 heterocycles. The number of nitrogens with one attached hydrogen (secondary N) is 2. The molecule has 2 N–H and O–H groups in total. The van der Waals surface area contributed by atoms with Crippen molar-refractivity contribution in [3.8, 4) is 5.75 Å². The van der Waals surface area contributed by atoms with E-state index in [0.717, 1.165) is 66.0 Å². The predicted molar refractivity (Wildman–Crippen MR) is 151 cm³/mol. The van der Waals surface area contributed by atoms with Gasteiger partial charge in [-0.3, -0.25) is 9.69 Å². The van der Waals surface area contributed by atoms with Crippen LogP contribution in [0, 0.1) is 11.6 Å². The van der Waals surface area contributed by atoms with Crippen molar-refractivity contribution in [1.82, 2.24) is 19.9 Å². The van der Waals surface area contributed by atoms with Crippen LogP contribution in [-0.2, 0) is 11.2 Å². The second kappa shape index (κ2) is 11.3. The zero-order valence-electron chi connectivity index (χ0n) is 21.7. The quantitative estimate of drug-likeness (QED) is 0.294. The van der Waals surface area contributed by atoms with Gasteiger partial charge in [0.2, 0.25) is 0 Å². The molecule has 0 spiro atoms. The first kappa shape index (κ1) is 25.7. The molecule has 0 saturated carbocycles. The number of H-pyrrole nitrogens is 1. The van der Waals surface area contributed by atoms with Gasteiger partial charge in [-0.1, -0.05) is 24.3 Å². The Bertz CT molecular complexity index is 1650. The molecule has 1 amide bonds. The average Bonchev–Trinajstić information content (AvgIpc) is 3.36. The Morgan fingerprint density at radius 2 is 1.77 bits per heavy atom. The van der Waals surface area contributed by atoms with E-state index in [1.54, 1.807) is 24.5 Å². The van der Waals surface area contributed by atoms with E-state index in [1.165, 1.54) is 12.1 Å². The second-order valence-corrected chi connectivity index (χ2v) is 9.78. The van der Waals surface area contributed by atoms with Crippen LogP contribution in [0.3, 0.4) is 0 Å². The van der Waals surface area contributed by atoms with Crippen LogP contribution in [0.2, 0.25) is 0 Å². The fourth-order valence-corrected chi connectivity index (χ4v) is 5.03. The molecule has 1 aliphatic heterocycles. The Kier molecular flexibility index (Phi) is 7.24. The molecule has 0 unspecified atom stereocenters. The lowest BCUT2D eigenvalue weighted by atomic mass is 10.1. The Balaban J connectivity index is 1.11. The summed E-state index contributed by atoms with van der Waals surface area (Å²) in [7, 11) is 0. The lowest BCUT2D eigenvalue weighted by Crippen LogP contribution is -2.47. The Labute approximate surface area is 229 Å². The van der Waals surface area contributed by atoms with Gasteiger partial charge in [0.15, 0.2) is 24.1 Å². The van der Waals surface area contributed by atoms with Crippen molar-refractivity contribution in [1.29, 1.82) is 0 Å². The van der Waals surface area contributed by atoms with Gasteiger partial charge in [0.1, 0.15) is 23.1 Å². The first-order valence-electron chi connectivity index (χ1n) is 13.2. The number of aromatic amines is 1. The number of carbonyl (C=O) groups is 1.